The van der Waals surface area contributed by atoms with E-state index in [1.807, 2.05) is 7.05 Å². The molecule has 0 unspecified atom stereocenters. The summed E-state index contributed by atoms with van der Waals surface area (Å²) in [6.07, 6.45) is 7.74. The summed E-state index contributed by atoms with van der Waals surface area (Å²) in [5.41, 5.74) is 1.25. The number of nitrogens with one attached hydrogen (secondary N) is 2. The fraction of sp³-hybridized carbons (Fsp3) is 0.600. The highest BCUT2D eigenvalue weighted by Gasteiger charge is 2.18. The van der Waals surface area contributed by atoms with Gasteiger partial charge in [-0.3, -0.25) is 9.79 Å². The number of thioether (sulfide) groups is 1. The first-order valence-electron chi connectivity index (χ1n) is 9.43. The summed E-state index contributed by atoms with van der Waals surface area (Å²) in [4.78, 5) is 19.7. The van der Waals surface area contributed by atoms with Gasteiger partial charge in [-0.05, 0) is 42.7 Å². The van der Waals surface area contributed by atoms with Crippen LogP contribution in [0.2, 0.25) is 0 Å². The standard InChI is InChI=1S/C20H32N4OS.HI/c1-21-20(24(2)15-17-8-10-18(26-3)11-9-17)23-13-12-22-19(25)14-16-6-4-5-7-16;/h8-11,16H,4-7,12-15H2,1-3H3,(H,21,23)(H,22,25);1H. The molecule has 0 bridgehead atoms. The SMILES string of the molecule is CN=C(NCCNC(=O)CC1CCCC1)N(C)Cc1ccc(SC)cc1.I. The first kappa shape index (κ1) is 24.1. The second-order valence-electron chi connectivity index (χ2n) is 6.88. The maximum absolute atomic E-state index is 12.0. The lowest BCUT2D eigenvalue weighted by molar-refractivity contribution is -0.121. The molecule has 5 nitrogen and oxygen atoms in total. The first-order valence-corrected chi connectivity index (χ1v) is 10.7. The Balaban J connectivity index is 0.00000364. The quantitative estimate of drug-likeness (QED) is 0.186. The molecule has 27 heavy (non-hydrogen) atoms. The summed E-state index contributed by atoms with van der Waals surface area (Å²) in [5.74, 6) is 1.61. The van der Waals surface area contributed by atoms with Gasteiger partial charge in [-0.25, -0.2) is 0 Å². The van der Waals surface area contributed by atoms with Crippen molar-refractivity contribution in [2.45, 2.75) is 43.5 Å². The molecule has 1 amide bonds. The normalized spacial score (nSPS) is 14.6. The van der Waals surface area contributed by atoms with Gasteiger partial charge in [0.25, 0.3) is 0 Å². The van der Waals surface area contributed by atoms with Crippen LogP contribution >= 0.6 is 35.7 Å². The number of carbonyl (C=O) groups excluding carboxylic acids is 1. The number of guanidine groups is 1. The predicted molar refractivity (Wildman–Crippen MR) is 126 cm³/mol. The molecule has 152 valence electrons. The maximum Gasteiger partial charge on any atom is 0.220 e. The zero-order valence-corrected chi connectivity index (χ0v) is 19.8. The zero-order valence-electron chi connectivity index (χ0n) is 16.7. The fourth-order valence-corrected chi connectivity index (χ4v) is 3.80. The van der Waals surface area contributed by atoms with Crippen molar-refractivity contribution in [2.75, 3.05) is 33.4 Å². The Labute approximate surface area is 185 Å². The molecule has 0 saturated heterocycles. The molecule has 0 aromatic heterocycles. The molecule has 0 heterocycles. The van der Waals surface area contributed by atoms with Crippen LogP contribution in [0.4, 0.5) is 0 Å². The third-order valence-corrected chi connectivity index (χ3v) is 5.57. The molecule has 2 rings (SSSR count). The van der Waals surface area contributed by atoms with Gasteiger partial charge in [0.15, 0.2) is 5.96 Å². The lowest BCUT2D eigenvalue weighted by Crippen LogP contribution is -2.42. The molecule has 1 fully saturated rings. The molecule has 7 heteroatoms. The Bertz CT molecular complexity index is 588. The third kappa shape index (κ3) is 8.72. The number of rotatable bonds is 8. The second-order valence-corrected chi connectivity index (χ2v) is 7.76. The van der Waals surface area contributed by atoms with Crippen molar-refractivity contribution in [1.82, 2.24) is 15.5 Å². The molecule has 1 aromatic carbocycles. The molecule has 1 saturated carbocycles. The van der Waals surface area contributed by atoms with E-state index in [0.717, 1.165) is 12.5 Å². The molecule has 1 aliphatic rings. The Hall–Kier alpha value is -0.960. The average Bonchev–Trinajstić information content (AvgIpc) is 3.15. The van der Waals surface area contributed by atoms with E-state index in [0.29, 0.717) is 25.4 Å². The van der Waals surface area contributed by atoms with Gasteiger partial charge in [0, 0.05) is 45.0 Å². The Morgan fingerprint density at radius 1 is 1.19 bits per heavy atom. The molecule has 1 aliphatic carbocycles. The Morgan fingerprint density at radius 3 is 2.41 bits per heavy atom. The molecular weight excluding hydrogens is 471 g/mol. The van der Waals surface area contributed by atoms with E-state index in [1.54, 1.807) is 18.8 Å². The fourth-order valence-electron chi connectivity index (χ4n) is 3.39. The lowest BCUT2D eigenvalue weighted by atomic mass is 10.0. The molecule has 0 radical (unpaired) electrons. The van der Waals surface area contributed by atoms with E-state index in [-0.39, 0.29) is 29.9 Å². The maximum atomic E-state index is 12.0. The second kappa shape index (κ2) is 13.3. The number of aliphatic imine (C=N–C) groups is 1. The van der Waals surface area contributed by atoms with Crippen LogP contribution in [-0.4, -0.2) is 50.2 Å². The van der Waals surface area contributed by atoms with Crippen molar-refractivity contribution in [3.63, 3.8) is 0 Å². The minimum absolute atomic E-state index is 0. The number of benzene rings is 1. The van der Waals surface area contributed by atoms with Crippen LogP contribution in [0.25, 0.3) is 0 Å². The third-order valence-electron chi connectivity index (χ3n) is 4.83. The van der Waals surface area contributed by atoms with Crippen LogP contribution in [0.3, 0.4) is 0 Å². The van der Waals surface area contributed by atoms with Crippen LogP contribution in [0.5, 0.6) is 0 Å². The number of hydrogen-bond acceptors (Lipinski definition) is 3. The largest absolute Gasteiger partial charge is 0.354 e. The minimum Gasteiger partial charge on any atom is -0.354 e. The summed E-state index contributed by atoms with van der Waals surface area (Å²) in [7, 11) is 3.81. The zero-order chi connectivity index (χ0) is 18.8. The molecule has 2 N–H and O–H groups in total. The first-order chi connectivity index (χ1) is 12.6. The number of halogens is 1. The molecule has 0 aliphatic heterocycles. The minimum atomic E-state index is 0. The van der Waals surface area contributed by atoms with E-state index < -0.39 is 0 Å². The molecule has 0 atom stereocenters. The van der Waals surface area contributed by atoms with Gasteiger partial charge in [-0.15, -0.1) is 35.7 Å². The Kier molecular flexibility index (Phi) is 11.8. The molecular formula is C20H33IN4OS. The van der Waals surface area contributed by atoms with Crippen LogP contribution < -0.4 is 10.6 Å². The predicted octanol–water partition coefficient (Wildman–Crippen LogP) is 3.73. The summed E-state index contributed by atoms with van der Waals surface area (Å²) in [5, 5.41) is 6.33. The van der Waals surface area contributed by atoms with Gasteiger partial charge in [-0.1, -0.05) is 25.0 Å². The number of nitrogens with zero attached hydrogens (tertiary/aromatic N) is 2. The van der Waals surface area contributed by atoms with E-state index in [4.69, 9.17) is 0 Å². The highest BCUT2D eigenvalue weighted by atomic mass is 127. The van der Waals surface area contributed by atoms with Crippen LogP contribution in [0, 0.1) is 5.92 Å². The average molecular weight is 504 g/mol. The number of amides is 1. The summed E-state index contributed by atoms with van der Waals surface area (Å²) in [6, 6.07) is 8.59. The highest BCUT2D eigenvalue weighted by molar-refractivity contribution is 14.0. The summed E-state index contributed by atoms with van der Waals surface area (Å²) < 4.78 is 0. The van der Waals surface area contributed by atoms with Crippen molar-refractivity contribution in [2.24, 2.45) is 10.9 Å². The number of carbonyl (C=O) groups is 1. The number of hydrogen-bond donors (Lipinski definition) is 2. The summed E-state index contributed by atoms with van der Waals surface area (Å²) >= 11 is 1.75. The van der Waals surface area contributed by atoms with Gasteiger partial charge < -0.3 is 15.5 Å². The smallest absolute Gasteiger partial charge is 0.220 e. The van der Waals surface area contributed by atoms with Crippen molar-refractivity contribution < 1.29 is 4.79 Å². The molecule has 1 aromatic rings. The van der Waals surface area contributed by atoms with Crippen molar-refractivity contribution in [1.29, 1.82) is 0 Å². The topological polar surface area (TPSA) is 56.7 Å². The molecule has 0 spiro atoms. The van der Waals surface area contributed by atoms with Gasteiger partial charge in [-0.2, -0.15) is 0 Å². The van der Waals surface area contributed by atoms with Crippen LogP contribution in [0.1, 0.15) is 37.7 Å². The van der Waals surface area contributed by atoms with Gasteiger partial charge in [0.05, 0.1) is 0 Å². The van der Waals surface area contributed by atoms with E-state index in [1.165, 1.54) is 36.1 Å². The van der Waals surface area contributed by atoms with Crippen molar-refractivity contribution >= 4 is 47.6 Å². The summed E-state index contributed by atoms with van der Waals surface area (Å²) in [6.45, 7) is 2.10. The van der Waals surface area contributed by atoms with E-state index in [2.05, 4.69) is 51.0 Å². The van der Waals surface area contributed by atoms with Crippen LogP contribution in [-0.2, 0) is 11.3 Å². The highest BCUT2D eigenvalue weighted by Crippen LogP contribution is 2.27. The lowest BCUT2D eigenvalue weighted by Gasteiger charge is -2.22. The monoisotopic (exact) mass is 504 g/mol. The van der Waals surface area contributed by atoms with Crippen molar-refractivity contribution in [3.05, 3.63) is 29.8 Å². The Morgan fingerprint density at radius 2 is 1.81 bits per heavy atom. The van der Waals surface area contributed by atoms with E-state index >= 15 is 0 Å². The van der Waals surface area contributed by atoms with Gasteiger partial charge in [0.1, 0.15) is 0 Å². The van der Waals surface area contributed by atoms with Crippen LogP contribution in [0.15, 0.2) is 34.2 Å². The van der Waals surface area contributed by atoms with Gasteiger partial charge >= 0.3 is 0 Å². The van der Waals surface area contributed by atoms with Gasteiger partial charge in [0.2, 0.25) is 5.91 Å². The van der Waals surface area contributed by atoms with E-state index in [9.17, 15) is 4.79 Å². The van der Waals surface area contributed by atoms with Crippen molar-refractivity contribution in [3.8, 4) is 0 Å².